The van der Waals surface area contributed by atoms with E-state index < -0.39 is 4.92 Å². The summed E-state index contributed by atoms with van der Waals surface area (Å²) >= 11 is 0. The van der Waals surface area contributed by atoms with Gasteiger partial charge in [0.15, 0.2) is 0 Å². The summed E-state index contributed by atoms with van der Waals surface area (Å²) in [5.41, 5.74) is -0.149. The highest BCUT2D eigenvalue weighted by atomic mass is 16.6. The van der Waals surface area contributed by atoms with Crippen molar-refractivity contribution in [3.63, 3.8) is 0 Å². The van der Waals surface area contributed by atoms with Crippen molar-refractivity contribution in [1.82, 2.24) is 0 Å². The molecular weight excluding hydrogens is 202 g/mol. The van der Waals surface area contributed by atoms with Crippen molar-refractivity contribution >= 4 is 5.69 Å². The number of nitro benzene ring substituents is 1. The number of benzene rings is 1. The van der Waals surface area contributed by atoms with Gasteiger partial charge in [-0.1, -0.05) is 0 Å². The fraction of sp³-hybridized carbons (Fsp3) is 0.333. The molecule has 0 aliphatic heterocycles. The van der Waals surface area contributed by atoms with Crippen molar-refractivity contribution in [1.29, 1.82) is 0 Å². The van der Waals surface area contributed by atoms with Gasteiger partial charge in [0.05, 0.1) is 18.6 Å². The first-order chi connectivity index (χ1) is 7.19. The van der Waals surface area contributed by atoms with Crippen LogP contribution in [0.4, 0.5) is 5.69 Å². The van der Waals surface area contributed by atoms with Crippen LogP contribution in [0.3, 0.4) is 0 Å². The molecule has 1 N–H and O–H groups in total. The van der Waals surface area contributed by atoms with Gasteiger partial charge in [0.25, 0.3) is 0 Å². The maximum atomic E-state index is 10.6. The highest BCUT2D eigenvalue weighted by molar-refractivity contribution is 5.50. The summed E-state index contributed by atoms with van der Waals surface area (Å²) in [4.78, 5) is 10.1. The lowest BCUT2D eigenvalue weighted by molar-refractivity contribution is -0.385. The van der Waals surface area contributed by atoms with E-state index in [1.54, 1.807) is 0 Å². The van der Waals surface area contributed by atoms with Crippen LogP contribution < -0.4 is 9.47 Å². The van der Waals surface area contributed by atoms with Crippen molar-refractivity contribution in [2.45, 2.75) is 0 Å². The molecule has 0 spiro atoms. The van der Waals surface area contributed by atoms with Crippen molar-refractivity contribution in [2.75, 3.05) is 20.3 Å². The molecule has 0 heterocycles. The Morgan fingerprint density at radius 3 is 2.80 bits per heavy atom. The predicted octanol–water partition coefficient (Wildman–Crippen LogP) is 0.974. The first-order valence-electron chi connectivity index (χ1n) is 4.25. The average molecular weight is 213 g/mol. The molecule has 1 rings (SSSR count). The van der Waals surface area contributed by atoms with Crippen LogP contribution in [0.2, 0.25) is 0 Å². The monoisotopic (exact) mass is 213 g/mol. The van der Waals surface area contributed by atoms with Crippen LogP contribution in [-0.4, -0.2) is 30.4 Å². The van der Waals surface area contributed by atoms with Gasteiger partial charge in [-0.05, 0) is 6.07 Å². The smallest absolute Gasteiger partial charge is 0.311 e. The Kier molecular flexibility index (Phi) is 3.87. The molecule has 0 aromatic heterocycles. The predicted molar refractivity (Wildman–Crippen MR) is 52.2 cm³/mol. The molecule has 0 bridgehead atoms. The van der Waals surface area contributed by atoms with Crippen LogP contribution >= 0.6 is 0 Å². The number of methoxy groups -OCH3 is 1. The van der Waals surface area contributed by atoms with Gasteiger partial charge in [-0.3, -0.25) is 10.1 Å². The van der Waals surface area contributed by atoms with Gasteiger partial charge in [0, 0.05) is 12.1 Å². The minimum absolute atomic E-state index is 0.00794. The van der Waals surface area contributed by atoms with Gasteiger partial charge in [0.2, 0.25) is 5.75 Å². The first-order valence-corrected chi connectivity index (χ1v) is 4.25. The fourth-order valence-corrected chi connectivity index (χ4v) is 1.04. The number of hydrogen-bond acceptors (Lipinski definition) is 5. The van der Waals surface area contributed by atoms with E-state index in [4.69, 9.17) is 14.6 Å². The maximum absolute atomic E-state index is 10.6. The average Bonchev–Trinajstić information content (AvgIpc) is 2.25. The summed E-state index contributed by atoms with van der Waals surface area (Å²) in [6.07, 6.45) is 0. The van der Waals surface area contributed by atoms with E-state index in [-0.39, 0.29) is 24.7 Å². The van der Waals surface area contributed by atoms with Crippen molar-refractivity contribution in [2.24, 2.45) is 0 Å². The molecular formula is C9H11NO5. The van der Waals surface area contributed by atoms with Crippen LogP contribution in [-0.2, 0) is 0 Å². The Balaban J connectivity index is 2.99. The number of aliphatic hydroxyl groups is 1. The molecule has 0 saturated heterocycles. The van der Waals surface area contributed by atoms with Crippen LogP contribution in [0.5, 0.6) is 11.5 Å². The van der Waals surface area contributed by atoms with Gasteiger partial charge >= 0.3 is 5.69 Å². The number of hydrogen-bond donors (Lipinski definition) is 1. The topological polar surface area (TPSA) is 81.8 Å². The highest BCUT2D eigenvalue weighted by Crippen LogP contribution is 2.30. The molecule has 0 saturated carbocycles. The van der Waals surface area contributed by atoms with Crippen LogP contribution in [0, 0.1) is 10.1 Å². The number of rotatable bonds is 5. The fourth-order valence-electron chi connectivity index (χ4n) is 1.04. The minimum atomic E-state index is -0.549. The summed E-state index contributed by atoms with van der Waals surface area (Å²) in [6.45, 7) is -0.192. The summed E-state index contributed by atoms with van der Waals surface area (Å²) in [5.74, 6) is 0.557. The van der Waals surface area contributed by atoms with Gasteiger partial charge in [-0.25, -0.2) is 0 Å². The Labute approximate surface area is 86.2 Å². The summed E-state index contributed by atoms with van der Waals surface area (Å²) in [7, 11) is 1.46. The molecule has 6 heteroatoms. The molecule has 15 heavy (non-hydrogen) atoms. The van der Waals surface area contributed by atoms with Crippen molar-refractivity contribution < 1.29 is 19.5 Å². The van der Waals surface area contributed by atoms with Crippen molar-refractivity contribution in [3.05, 3.63) is 28.3 Å². The second-order valence-electron chi connectivity index (χ2n) is 2.66. The van der Waals surface area contributed by atoms with E-state index >= 15 is 0 Å². The third-order valence-corrected chi connectivity index (χ3v) is 1.71. The maximum Gasteiger partial charge on any atom is 0.311 e. The normalized spacial score (nSPS) is 9.73. The highest BCUT2D eigenvalue weighted by Gasteiger charge is 2.15. The van der Waals surface area contributed by atoms with E-state index in [1.807, 2.05) is 0 Å². The first kappa shape index (κ1) is 11.3. The van der Waals surface area contributed by atoms with E-state index in [0.29, 0.717) is 5.75 Å². The Morgan fingerprint density at radius 1 is 1.53 bits per heavy atom. The second kappa shape index (κ2) is 5.16. The Bertz CT molecular complexity index is 352. The molecule has 0 fully saturated rings. The van der Waals surface area contributed by atoms with Crippen LogP contribution in [0.15, 0.2) is 18.2 Å². The zero-order valence-corrected chi connectivity index (χ0v) is 8.17. The molecule has 0 amide bonds. The Hall–Kier alpha value is -1.82. The van der Waals surface area contributed by atoms with E-state index in [2.05, 4.69) is 0 Å². The SMILES string of the molecule is COc1ccc([N+](=O)[O-])c(OCCO)c1. The van der Waals surface area contributed by atoms with Crippen molar-refractivity contribution in [3.8, 4) is 11.5 Å². The lowest BCUT2D eigenvalue weighted by atomic mass is 10.3. The van der Waals surface area contributed by atoms with E-state index in [1.165, 1.54) is 25.3 Å². The molecule has 0 aliphatic carbocycles. The molecule has 1 aromatic rings. The molecule has 1 aromatic carbocycles. The third-order valence-electron chi connectivity index (χ3n) is 1.71. The lowest BCUT2D eigenvalue weighted by Crippen LogP contribution is -2.04. The van der Waals surface area contributed by atoms with Gasteiger partial charge in [0.1, 0.15) is 12.4 Å². The molecule has 82 valence electrons. The molecule has 0 aliphatic rings. The third kappa shape index (κ3) is 2.81. The second-order valence-corrected chi connectivity index (χ2v) is 2.66. The van der Waals surface area contributed by atoms with Crippen LogP contribution in [0.1, 0.15) is 0 Å². The largest absolute Gasteiger partial charge is 0.497 e. The zero-order valence-electron chi connectivity index (χ0n) is 8.17. The number of nitro groups is 1. The quantitative estimate of drug-likeness (QED) is 0.582. The number of nitrogens with zero attached hydrogens (tertiary/aromatic N) is 1. The van der Waals surface area contributed by atoms with Gasteiger partial charge < -0.3 is 14.6 Å². The van der Waals surface area contributed by atoms with Gasteiger partial charge in [-0.2, -0.15) is 0 Å². The Morgan fingerprint density at radius 2 is 2.27 bits per heavy atom. The lowest BCUT2D eigenvalue weighted by Gasteiger charge is -2.06. The van der Waals surface area contributed by atoms with E-state index in [9.17, 15) is 10.1 Å². The number of ether oxygens (including phenoxy) is 2. The van der Waals surface area contributed by atoms with Crippen LogP contribution in [0.25, 0.3) is 0 Å². The summed E-state index contributed by atoms with van der Waals surface area (Å²) in [5, 5.41) is 19.2. The molecule has 0 radical (unpaired) electrons. The summed E-state index contributed by atoms with van der Waals surface area (Å²) < 4.78 is 9.92. The molecule has 0 unspecified atom stereocenters. The number of aliphatic hydroxyl groups excluding tert-OH is 1. The molecule has 6 nitrogen and oxygen atoms in total. The van der Waals surface area contributed by atoms with Gasteiger partial charge in [-0.15, -0.1) is 0 Å². The zero-order chi connectivity index (χ0) is 11.3. The standard InChI is InChI=1S/C9H11NO5/c1-14-7-2-3-8(10(12)13)9(6-7)15-5-4-11/h2-3,6,11H,4-5H2,1H3. The summed E-state index contributed by atoms with van der Waals surface area (Å²) in [6, 6.07) is 4.18. The van der Waals surface area contributed by atoms with E-state index in [0.717, 1.165) is 0 Å². The molecule has 0 atom stereocenters. The minimum Gasteiger partial charge on any atom is -0.497 e.